The molecule has 0 saturated carbocycles. The Morgan fingerprint density at radius 1 is 0.410 bits per heavy atom. The Bertz CT molecular complexity index is 3070. The molecule has 0 bridgehead atoms. The molecular formula is C57H46Cl2SiZr. The van der Waals surface area contributed by atoms with Gasteiger partial charge in [-0.05, 0) is 0 Å². The molecule has 61 heavy (non-hydrogen) atoms. The van der Waals surface area contributed by atoms with E-state index in [0.717, 1.165) is 12.8 Å². The minimum absolute atomic E-state index is 0. The van der Waals surface area contributed by atoms with Crippen molar-refractivity contribution in [2.45, 2.75) is 40.5 Å². The summed E-state index contributed by atoms with van der Waals surface area (Å²) < 4.78 is 1.03. The van der Waals surface area contributed by atoms with Crippen molar-refractivity contribution in [3.8, 4) is 22.3 Å². The normalized spacial score (nSPS) is 15.0. The van der Waals surface area contributed by atoms with Gasteiger partial charge in [-0.3, -0.25) is 0 Å². The largest absolute Gasteiger partial charge is 1.00 e. The molecule has 0 amide bonds. The topological polar surface area (TPSA) is 0 Å². The van der Waals surface area contributed by atoms with Crippen molar-refractivity contribution < 1.29 is 45.2 Å². The Morgan fingerprint density at radius 3 is 1.25 bits per heavy atom. The van der Waals surface area contributed by atoms with Gasteiger partial charge in [-0.25, -0.2) is 0 Å². The maximum Gasteiger partial charge on any atom is -1.00 e. The number of hydrogen-bond donors (Lipinski definition) is 0. The summed E-state index contributed by atoms with van der Waals surface area (Å²) in [6.07, 6.45) is 7.48. The van der Waals surface area contributed by atoms with Gasteiger partial charge in [0.05, 0.1) is 0 Å². The van der Waals surface area contributed by atoms with E-state index in [0.29, 0.717) is 7.25 Å². The van der Waals surface area contributed by atoms with Crippen LogP contribution in [0.15, 0.2) is 187 Å². The third kappa shape index (κ3) is 6.83. The van der Waals surface area contributed by atoms with E-state index in [9.17, 15) is 0 Å². The van der Waals surface area contributed by atoms with E-state index in [-0.39, 0.29) is 24.8 Å². The Balaban J connectivity index is 0.00000238. The molecule has 0 heterocycles. The van der Waals surface area contributed by atoms with Gasteiger partial charge in [0.25, 0.3) is 0 Å². The van der Waals surface area contributed by atoms with Crippen LogP contribution in [0.4, 0.5) is 0 Å². The molecule has 2 aliphatic rings. The summed E-state index contributed by atoms with van der Waals surface area (Å²) >= 11 is -2.62. The Hall–Kier alpha value is -4.82. The van der Waals surface area contributed by atoms with E-state index in [1.807, 2.05) is 0 Å². The standard InChI is InChI=1S/2C25H19.C7H8Si.2ClH.Zr/c2*1-2-17-14-18-9-7-13-23(24(18)15-17)25-16-19-8-3-4-10-20(19)21-11-5-6-12-22(21)25;1-8-7-5-3-2-4-6-7;;;/h2*3-16H,2H2,1H3;2-6H,1H3;2*1H;/q;;;;;+2/p-2. The fourth-order valence-corrected chi connectivity index (χ4v) is 33.8. The van der Waals surface area contributed by atoms with Crippen LogP contribution in [0, 0.1) is 0 Å². The van der Waals surface area contributed by atoms with Crippen molar-refractivity contribution in [3.63, 3.8) is 0 Å². The van der Waals surface area contributed by atoms with Crippen molar-refractivity contribution in [2.24, 2.45) is 0 Å². The molecule has 0 N–H and O–H groups in total. The van der Waals surface area contributed by atoms with Crippen LogP contribution in [0.5, 0.6) is 0 Å². The first-order valence-electron chi connectivity index (χ1n) is 21.4. The first kappa shape index (κ1) is 41.5. The number of halogens is 2. The van der Waals surface area contributed by atoms with E-state index < -0.39 is 25.8 Å². The third-order valence-corrected chi connectivity index (χ3v) is 33.9. The molecule has 0 saturated heterocycles. The van der Waals surface area contributed by atoms with Gasteiger partial charge in [-0.2, -0.15) is 0 Å². The number of benzene rings is 9. The Morgan fingerprint density at radius 2 is 0.803 bits per heavy atom. The summed E-state index contributed by atoms with van der Waals surface area (Å²) in [6.45, 7) is 7.54. The Kier molecular flexibility index (Phi) is 11.7. The molecule has 2 aliphatic carbocycles. The van der Waals surface area contributed by atoms with E-state index >= 15 is 0 Å². The summed E-state index contributed by atoms with van der Waals surface area (Å²) in [4.78, 5) is 0. The minimum atomic E-state index is -2.62. The summed E-state index contributed by atoms with van der Waals surface area (Å²) in [5, 5.41) is 12.2. The van der Waals surface area contributed by atoms with Crippen LogP contribution in [-0.2, 0) is 20.4 Å². The van der Waals surface area contributed by atoms with E-state index in [1.54, 1.807) is 27.5 Å². The summed E-state index contributed by atoms with van der Waals surface area (Å²) in [5.74, 6) is 0. The maximum atomic E-state index is 2.70. The molecule has 11 rings (SSSR count). The molecule has 4 heteroatoms. The zero-order valence-electron chi connectivity index (χ0n) is 34.7. The first-order valence-corrected chi connectivity index (χ1v) is 29.9. The fourth-order valence-electron chi connectivity index (χ4n) is 10.8. The first-order chi connectivity index (χ1) is 29.1. The molecule has 0 aromatic heterocycles. The predicted molar refractivity (Wildman–Crippen MR) is 253 cm³/mol. The van der Waals surface area contributed by atoms with Crippen molar-refractivity contribution in [1.82, 2.24) is 0 Å². The van der Waals surface area contributed by atoms with Crippen LogP contribution >= 0.6 is 0 Å². The molecule has 0 aliphatic heterocycles. The van der Waals surface area contributed by atoms with E-state index in [1.165, 1.54) is 76.5 Å². The van der Waals surface area contributed by atoms with Crippen molar-refractivity contribution in [1.29, 1.82) is 0 Å². The maximum absolute atomic E-state index is 2.70. The van der Waals surface area contributed by atoms with E-state index in [2.05, 4.69) is 208 Å². The molecule has 0 spiro atoms. The summed E-state index contributed by atoms with van der Waals surface area (Å²) in [5.41, 5.74) is 14.0. The molecule has 2 unspecified atom stereocenters. The average Bonchev–Trinajstić information content (AvgIpc) is 3.87. The van der Waals surface area contributed by atoms with Crippen molar-refractivity contribution in [3.05, 3.63) is 209 Å². The molecule has 2 atom stereocenters. The van der Waals surface area contributed by atoms with Crippen LogP contribution < -0.4 is 30.0 Å². The van der Waals surface area contributed by atoms with Crippen LogP contribution in [0.2, 0.25) is 6.55 Å². The van der Waals surface area contributed by atoms with Gasteiger partial charge in [0.2, 0.25) is 0 Å². The SMILES string of the molecule is CCC1=Cc2c(-c3cc4ccccc4c4ccccc34)cccc2[CH]1[Zr+2]([CH]1C(CC)=Cc2c(-c3cc4ccccc4c4ccccc34)cccc21)=[Si](C)c1ccccc1.[Cl-].[Cl-]. The molecule has 9 aromatic carbocycles. The van der Waals surface area contributed by atoms with Gasteiger partial charge < -0.3 is 24.8 Å². The van der Waals surface area contributed by atoms with E-state index in [4.69, 9.17) is 0 Å². The van der Waals surface area contributed by atoms with Crippen molar-refractivity contribution >= 4 is 65.9 Å². The van der Waals surface area contributed by atoms with Gasteiger partial charge in [0, 0.05) is 0 Å². The molecule has 0 nitrogen and oxygen atoms in total. The molecule has 0 fully saturated rings. The zero-order valence-corrected chi connectivity index (χ0v) is 39.7. The van der Waals surface area contributed by atoms with Crippen molar-refractivity contribution in [2.75, 3.05) is 0 Å². The van der Waals surface area contributed by atoms with Gasteiger partial charge >= 0.3 is 358 Å². The fraction of sp³-hybridized carbons (Fsp3) is 0.123. The van der Waals surface area contributed by atoms with Crippen LogP contribution in [-0.4, -0.2) is 5.43 Å². The van der Waals surface area contributed by atoms with Gasteiger partial charge in [-0.1, -0.05) is 0 Å². The molecular weight excluding hydrogens is 875 g/mol. The number of fused-ring (bicyclic) bond motifs is 8. The second-order valence-electron chi connectivity index (χ2n) is 16.5. The monoisotopic (exact) mass is 918 g/mol. The van der Waals surface area contributed by atoms with Crippen LogP contribution in [0.3, 0.4) is 0 Å². The molecule has 0 radical (unpaired) electrons. The second kappa shape index (κ2) is 17.2. The number of hydrogen-bond acceptors (Lipinski definition) is 0. The average molecular weight is 921 g/mol. The quantitative estimate of drug-likeness (QED) is 0.111. The Labute approximate surface area is 380 Å². The van der Waals surface area contributed by atoms with Crippen LogP contribution in [0.25, 0.3) is 77.5 Å². The van der Waals surface area contributed by atoms with Gasteiger partial charge in [-0.15, -0.1) is 0 Å². The predicted octanol–water partition coefficient (Wildman–Crippen LogP) is 9.18. The summed E-state index contributed by atoms with van der Waals surface area (Å²) in [7, 11) is 0. The smallest absolute Gasteiger partial charge is 1.00 e. The number of rotatable bonds is 7. The van der Waals surface area contributed by atoms with Crippen LogP contribution in [0.1, 0.15) is 56.2 Å². The molecule has 296 valence electrons. The third-order valence-electron chi connectivity index (χ3n) is 13.5. The second-order valence-corrected chi connectivity index (χ2v) is 32.3. The summed E-state index contributed by atoms with van der Waals surface area (Å²) in [6, 6.07) is 67.2. The van der Waals surface area contributed by atoms with Gasteiger partial charge in [0.15, 0.2) is 0 Å². The minimum Gasteiger partial charge on any atom is -1.00 e. The zero-order chi connectivity index (χ0) is 39.6. The number of allylic oxidation sites excluding steroid dienone is 2. The van der Waals surface area contributed by atoms with Gasteiger partial charge in [0.1, 0.15) is 0 Å². The molecule has 9 aromatic rings.